The minimum absolute atomic E-state index is 0.430. The van der Waals surface area contributed by atoms with Crippen LogP contribution in [0.3, 0.4) is 0 Å². The minimum Gasteiger partial charge on any atom is -0.356 e. The maximum Gasteiger partial charge on any atom is 0.0798 e. The van der Waals surface area contributed by atoms with E-state index in [0.717, 1.165) is 13.1 Å². The molecule has 104 valence electrons. The van der Waals surface area contributed by atoms with Crippen molar-refractivity contribution in [3.05, 3.63) is 60.4 Å². The number of nitrogens with zero attached hydrogens (tertiary/aromatic N) is 2. The first-order chi connectivity index (χ1) is 9.93. The van der Waals surface area contributed by atoms with Crippen molar-refractivity contribution in [1.82, 2.24) is 10.3 Å². The van der Waals surface area contributed by atoms with Gasteiger partial charge in [-0.15, -0.1) is 0 Å². The molecule has 1 N–H and O–H groups in total. The zero-order valence-corrected chi connectivity index (χ0v) is 11.7. The van der Waals surface area contributed by atoms with Crippen molar-refractivity contribution in [1.29, 1.82) is 0 Å². The van der Waals surface area contributed by atoms with Gasteiger partial charge >= 0.3 is 0 Å². The van der Waals surface area contributed by atoms with Gasteiger partial charge in [0.15, 0.2) is 0 Å². The Morgan fingerprint density at radius 3 is 2.65 bits per heavy atom. The number of rotatable bonds is 4. The van der Waals surface area contributed by atoms with E-state index in [1.807, 2.05) is 12.4 Å². The molecule has 20 heavy (non-hydrogen) atoms. The van der Waals surface area contributed by atoms with E-state index in [-0.39, 0.29) is 0 Å². The predicted octanol–water partition coefficient (Wildman–Crippen LogP) is 3.19. The summed E-state index contributed by atoms with van der Waals surface area (Å²) in [5, 5.41) is 3.68. The van der Waals surface area contributed by atoms with Crippen molar-refractivity contribution in [3.8, 4) is 0 Å². The van der Waals surface area contributed by atoms with E-state index in [0.29, 0.717) is 6.17 Å². The van der Waals surface area contributed by atoms with Crippen LogP contribution in [0.25, 0.3) is 0 Å². The number of piperidine rings is 1. The van der Waals surface area contributed by atoms with Gasteiger partial charge in [0.25, 0.3) is 0 Å². The van der Waals surface area contributed by atoms with Crippen molar-refractivity contribution < 1.29 is 0 Å². The maximum absolute atomic E-state index is 4.06. The van der Waals surface area contributed by atoms with Crippen LogP contribution in [0.5, 0.6) is 0 Å². The average Bonchev–Trinajstić information content (AvgIpc) is 2.55. The fourth-order valence-corrected chi connectivity index (χ4v) is 2.81. The highest BCUT2D eigenvalue weighted by Crippen LogP contribution is 2.23. The standard InChI is InChI=1S/C17H21N3/c1-2-6-16(7-3-1)20-13-5-4-8-17(20)19-14-15-9-11-18-12-10-15/h1-3,6-7,9-12,17,19H,4-5,8,13-14H2. The van der Waals surface area contributed by atoms with E-state index >= 15 is 0 Å². The normalized spacial score (nSPS) is 19.0. The van der Waals surface area contributed by atoms with Gasteiger partial charge in [0.2, 0.25) is 0 Å². The Kier molecular flexibility index (Phi) is 4.28. The van der Waals surface area contributed by atoms with Crippen LogP contribution in [-0.2, 0) is 6.54 Å². The van der Waals surface area contributed by atoms with Crippen molar-refractivity contribution in [3.63, 3.8) is 0 Å². The monoisotopic (exact) mass is 267 g/mol. The second-order valence-electron chi connectivity index (χ2n) is 5.28. The Bertz CT molecular complexity index is 512. The van der Waals surface area contributed by atoms with Crippen molar-refractivity contribution in [2.45, 2.75) is 32.0 Å². The van der Waals surface area contributed by atoms with Crippen LogP contribution in [0, 0.1) is 0 Å². The molecular formula is C17H21N3. The van der Waals surface area contributed by atoms with E-state index in [9.17, 15) is 0 Å². The third-order valence-corrected chi connectivity index (χ3v) is 3.88. The molecule has 1 aliphatic rings. The van der Waals surface area contributed by atoms with Gasteiger partial charge in [0.1, 0.15) is 0 Å². The highest BCUT2D eigenvalue weighted by molar-refractivity contribution is 5.47. The highest BCUT2D eigenvalue weighted by atomic mass is 15.3. The van der Waals surface area contributed by atoms with Crippen LogP contribution in [-0.4, -0.2) is 17.7 Å². The molecule has 3 rings (SSSR count). The Labute approximate surface area is 120 Å². The molecule has 2 aromatic rings. The topological polar surface area (TPSA) is 28.2 Å². The molecule has 1 unspecified atom stereocenters. The first-order valence-corrected chi connectivity index (χ1v) is 7.37. The average molecular weight is 267 g/mol. The van der Waals surface area contributed by atoms with Crippen molar-refractivity contribution in [2.75, 3.05) is 11.4 Å². The lowest BCUT2D eigenvalue weighted by atomic mass is 10.1. The van der Waals surface area contributed by atoms with E-state index in [1.165, 1.54) is 30.5 Å². The van der Waals surface area contributed by atoms with Gasteiger partial charge in [0, 0.05) is 31.2 Å². The molecule has 2 heterocycles. The molecule has 3 nitrogen and oxygen atoms in total. The quantitative estimate of drug-likeness (QED) is 0.922. The zero-order chi connectivity index (χ0) is 13.6. The van der Waals surface area contributed by atoms with E-state index in [2.05, 4.69) is 57.7 Å². The summed E-state index contributed by atoms with van der Waals surface area (Å²) in [7, 11) is 0. The summed E-state index contributed by atoms with van der Waals surface area (Å²) >= 11 is 0. The first kappa shape index (κ1) is 13.1. The van der Waals surface area contributed by atoms with E-state index in [4.69, 9.17) is 0 Å². The van der Waals surface area contributed by atoms with Gasteiger partial charge in [-0.3, -0.25) is 10.3 Å². The number of hydrogen-bond donors (Lipinski definition) is 1. The second kappa shape index (κ2) is 6.53. The van der Waals surface area contributed by atoms with Crippen LogP contribution in [0.2, 0.25) is 0 Å². The molecule has 0 spiro atoms. The third kappa shape index (κ3) is 3.17. The molecule has 0 radical (unpaired) electrons. The molecular weight excluding hydrogens is 246 g/mol. The number of nitrogens with one attached hydrogen (secondary N) is 1. The number of aromatic nitrogens is 1. The molecule has 0 saturated carbocycles. The van der Waals surface area contributed by atoms with Gasteiger partial charge < -0.3 is 4.90 Å². The molecule has 1 fully saturated rings. The minimum atomic E-state index is 0.430. The van der Waals surface area contributed by atoms with Gasteiger partial charge in [-0.2, -0.15) is 0 Å². The van der Waals surface area contributed by atoms with Crippen molar-refractivity contribution in [2.24, 2.45) is 0 Å². The van der Waals surface area contributed by atoms with Crippen LogP contribution >= 0.6 is 0 Å². The van der Waals surface area contributed by atoms with Crippen LogP contribution < -0.4 is 10.2 Å². The van der Waals surface area contributed by atoms with E-state index in [1.54, 1.807) is 0 Å². The molecule has 1 aromatic heterocycles. The van der Waals surface area contributed by atoms with Crippen LogP contribution in [0.15, 0.2) is 54.9 Å². The second-order valence-corrected chi connectivity index (χ2v) is 5.28. The summed E-state index contributed by atoms with van der Waals surface area (Å²) in [6.07, 6.45) is 7.93. The molecule has 0 aliphatic carbocycles. The van der Waals surface area contributed by atoms with E-state index < -0.39 is 0 Å². The molecule has 0 amide bonds. The summed E-state index contributed by atoms with van der Waals surface area (Å²) in [5.74, 6) is 0. The number of para-hydroxylation sites is 1. The number of pyridine rings is 1. The Balaban J connectivity index is 1.67. The van der Waals surface area contributed by atoms with Crippen LogP contribution in [0.4, 0.5) is 5.69 Å². The van der Waals surface area contributed by atoms with Gasteiger partial charge in [-0.05, 0) is 49.1 Å². The third-order valence-electron chi connectivity index (χ3n) is 3.88. The maximum atomic E-state index is 4.06. The van der Waals surface area contributed by atoms with Gasteiger partial charge in [0.05, 0.1) is 6.17 Å². The largest absolute Gasteiger partial charge is 0.356 e. The smallest absolute Gasteiger partial charge is 0.0798 e. The zero-order valence-electron chi connectivity index (χ0n) is 11.7. The predicted molar refractivity (Wildman–Crippen MR) is 82.5 cm³/mol. The highest BCUT2D eigenvalue weighted by Gasteiger charge is 2.21. The lowest BCUT2D eigenvalue weighted by molar-refractivity contribution is 0.393. The summed E-state index contributed by atoms with van der Waals surface area (Å²) in [5.41, 5.74) is 2.61. The summed E-state index contributed by atoms with van der Waals surface area (Å²) in [4.78, 5) is 6.56. The Morgan fingerprint density at radius 2 is 1.85 bits per heavy atom. The Hall–Kier alpha value is -1.87. The van der Waals surface area contributed by atoms with Gasteiger partial charge in [-0.1, -0.05) is 18.2 Å². The SMILES string of the molecule is c1ccc(N2CCCCC2NCc2ccncc2)cc1. The van der Waals surface area contributed by atoms with Gasteiger partial charge in [-0.25, -0.2) is 0 Å². The molecule has 1 atom stereocenters. The molecule has 0 bridgehead atoms. The molecule has 3 heteroatoms. The molecule has 1 aromatic carbocycles. The van der Waals surface area contributed by atoms with Crippen LogP contribution in [0.1, 0.15) is 24.8 Å². The fourth-order valence-electron chi connectivity index (χ4n) is 2.81. The number of anilines is 1. The molecule has 1 aliphatic heterocycles. The van der Waals surface area contributed by atoms with Crippen molar-refractivity contribution >= 4 is 5.69 Å². The number of hydrogen-bond acceptors (Lipinski definition) is 3. The molecule has 1 saturated heterocycles. The lowest BCUT2D eigenvalue weighted by Gasteiger charge is -2.38. The Morgan fingerprint density at radius 1 is 1.05 bits per heavy atom. The summed E-state index contributed by atoms with van der Waals surface area (Å²) < 4.78 is 0. The fraction of sp³-hybridized carbons (Fsp3) is 0.353. The first-order valence-electron chi connectivity index (χ1n) is 7.37. The summed E-state index contributed by atoms with van der Waals surface area (Å²) in [6, 6.07) is 14.9. The lowest BCUT2D eigenvalue weighted by Crippen LogP contribution is -2.48. The summed E-state index contributed by atoms with van der Waals surface area (Å²) in [6.45, 7) is 2.04. The number of benzene rings is 1.